The van der Waals surface area contributed by atoms with Crippen LogP contribution in [-0.4, -0.2) is 38.2 Å². The van der Waals surface area contributed by atoms with E-state index in [-0.39, 0.29) is 6.10 Å². The lowest BCUT2D eigenvalue weighted by atomic mass is 10.2. The van der Waals surface area contributed by atoms with Crippen molar-refractivity contribution < 1.29 is 18.9 Å². The van der Waals surface area contributed by atoms with Gasteiger partial charge in [0.1, 0.15) is 12.4 Å². The summed E-state index contributed by atoms with van der Waals surface area (Å²) in [5.41, 5.74) is 0. The Kier molecular flexibility index (Phi) is 3.61. The van der Waals surface area contributed by atoms with Gasteiger partial charge in [0, 0.05) is 18.7 Å². The second-order valence-corrected chi connectivity index (χ2v) is 5.97. The topological polar surface area (TPSA) is 49.0 Å². The molecule has 0 spiro atoms. The zero-order valence-electron chi connectivity index (χ0n) is 12.0. The van der Waals surface area contributed by atoms with Crippen LogP contribution in [0, 0.1) is 0 Å². The Balaban J connectivity index is 1.23. The number of rotatable bonds is 6. The second kappa shape index (κ2) is 5.73. The van der Waals surface area contributed by atoms with Crippen LogP contribution in [0.3, 0.4) is 0 Å². The molecule has 2 aliphatic heterocycles. The molecular weight excluding hydrogens is 270 g/mol. The summed E-state index contributed by atoms with van der Waals surface area (Å²) < 4.78 is 22.5. The lowest BCUT2D eigenvalue weighted by Crippen LogP contribution is -2.29. The van der Waals surface area contributed by atoms with Gasteiger partial charge in [0.25, 0.3) is 0 Å². The van der Waals surface area contributed by atoms with E-state index in [9.17, 15) is 0 Å². The highest BCUT2D eigenvalue weighted by Gasteiger charge is 2.28. The normalized spacial score (nSPS) is 27.0. The predicted octanol–water partition coefficient (Wildman–Crippen LogP) is 2.09. The zero-order chi connectivity index (χ0) is 14.1. The molecule has 3 aliphatic rings. The first-order valence-corrected chi connectivity index (χ1v) is 7.78. The molecule has 4 rings (SSSR count). The number of fused-ring (bicyclic) bond motifs is 1. The van der Waals surface area contributed by atoms with Crippen molar-refractivity contribution in [3.8, 4) is 17.2 Å². The van der Waals surface area contributed by atoms with Crippen molar-refractivity contribution in [1.29, 1.82) is 0 Å². The highest BCUT2D eigenvalue weighted by atomic mass is 16.7. The summed E-state index contributed by atoms with van der Waals surface area (Å²) >= 11 is 0. The summed E-state index contributed by atoms with van der Waals surface area (Å²) in [5.74, 6) is 2.35. The lowest BCUT2D eigenvalue weighted by Gasteiger charge is -2.15. The van der Waals surface area contributed by atoms with Gasteiger partial charge in [-0.15, -0.1) is 0 Å². The quantitative estimate of drug-likeness (QED) is 0.869. The van der Waals surface area contributed by atoms with Crippen molar-refractivity contribution in [2.75, 3.05) is 19.9 Å². The van der Waals surface area contributed by atoms with Crippen LogP contribution in [0.2, 0.25) is 0 Å². The fraction of sp³-hybridized carbons (Fsp3) is 0.625. The molecular formula is C16H21NO4. The van der Waals surface area contributed by atoms with Crippen LogP contribution in [0.1, 0.15) is 25.7 Å². The molecule has 2 heterocycles. The Labute approximate surface area is 124 Å². The Morgan fingerprint density at radius 3 is 2.81 bits per heavy atom. The van der Waals surface area contributed by atoms with Gasteiger partial charge in [0.15, 0.2) is 11.5 Å². The SMILES string of the molecule is c1cc2c(cc1OCC1CCC(CNC3CC3)O1)OCO2. The van der Waals surface area contributed by atoms with E-state index in [1.54, 1.807) is 0 Å². The Bertz CT molecular complexity index is 503. The van der Waals surface area contributed by atoms with Gasteiger partial charge in [0.2, 0.25) is 6.79 Å². The smallest absolute Gasteiger partial charge is 0.231 e. The molecule has 0 amide bonds. The average molecular weight is 291 g/mol. The van der Waals surface area contributed by atoms with Crippen molar-refractivity contribution in [3.63, 3.8) is 0 Å². The van der Waals surface area contributed by atoms with E-state index in [1.165, 1.54) is 12.8 Å². The van der Waals surface area contributed by atoms with E-state index in [0.717, 1.165) is 42.7 Å². The van der Waals surface area contributed by atoms with E-state index in [4.69, 9.17) is 18.9 Å². The third-order valence-corrected chi connectivity index (χ3v) is 4.19. The Morgan fingerprint density at radius 2 is 1.90 bits per heavy atom. The second-order valence-electron chi connectivity index (χ2n) is 5.97. The third-order valence-electron chi connectivity index (χ3n) is 4.19. The van der Waals surface area contributed by atoms with E-state index in [0.29, 0.717) is 19.5 Å². The van der Waals surface area contributed by atoms with Crippen molar-refractivity contribution >= 4 is 0 Å². The predicted molar refractivity (Wildman–Crippen MR) is 77.0 cm³/mol. The summed E-state index contributed by atoms with van der Waals surface area (Å²) in [6, 6.07) is 6.42. The molecule has 0 bridgehead atoms. The minimum absolute atomic E-state index is 0.196. The molecule has 114 valence electrons. The van der Waals surface area contributed by atoms with Crippen LogP contribution in [0.4, 0.5) is 0 Å². The molecule has 2 atom stereocenters. The molecule has 1 aromatic carbocycles. The molecule has 1 aliphatic carbocycles. The standard InChI is InChI=1S/C16H21NO4/c1-2-11(1)17-8-13-3-4-14(21-13)9-18-12-5-6-15-16(7-12)20-10-19-15/h5-7,11,13-14,17H,1-4,8-10H2. The number of benzene rings is 1. The molecule has 2 fully saturated rings. The van der Waals surface area contributed by atoms with Crippen LogP contribution >= 0.6 is 0 Å². The molecule has 0 radical (unpaired) electrons. The van der Waals surface area contributed by atoms with Crippen LogP contribution in [-0.2, 0) is 4.74 Å². The number of hydrogen-bond donors (Lipinski definition) is 1. The first-order chi connectivity index (χ1) is 10.4. The molecule has 2 unspecified atom stereocenters. The summed E-state index contributed by atoms with van der Waals surface area (Å²) in [4.78, 5) is 0. The van der Waals surface area contributed by atoms with Crippen LogP contribution < -0.4 is 19.5 Å². The maximum absolute atomic E-state index is 6.01. The van der Waals surface area contributed by atoms with E-state index < -0.39 is 0 Å². The fourth-order valence-electron chi connectivity index (χ4n) is 2.79. The van der Waals surface area contributed by atoms with Gasteiger partial charge < -0.3 is 24.3 Å². The number of ether oxygens (including phenoxy) is 4. The fourth-order valence-corrected chi connectivity index (χ4v) is 2.79. The van der Waals surface area contributed by atoms with Gasteiger partial charge in [0.05, 0.1) is 12.2 Å². The highest BCUT2D eigenvalue weighted by Crippen LogP contribution is 2.35. The van der Waals surface area contributed by atoms with E-state index >= 15 is 0 Å². The molecule has 1 N–H and O–H groups in total. The Morgan fingerprint density at radius 1 is 1.05 bits per heavy atom. The summed E-state index contributed by atoms with van der Waals surface area (Å²) in [6.07, 6.45) is 5.38. The number of hydrogen-bond acceptors (Lipinski definition) is 5. The van der Waals surface area contributed by atoms with Gasteiger partial charge >= 0.3 is 0 Å². The van der Waals surface area contributed by atoms with Crippen molar-refractivity contribution in [2.45, 2.75) is 43.9 Å². The largest absolute Gasteiger partial charge is 0.491 e. The van der Waals surface area contributed by atoms with E-state index in [1.807, 2.05) is 18.2 Å². The molecule has 5 nitrogen and oxygen atoms in total. The van der Waals surface area contributed by atoms with Crippen molar-refractivity contribution in [2.24, 2.45) is 0 Å². The van der Waals surface area contributed by atoms with Gasteiger partial charge in [-0.3, -0.25) is 0 Å². The molecule has 1 saturated carbocycles. The minimum Gasteiger partial charge on any atom is -0.491 e. The summed E-state index contributed by atoms with van der Waals surface area (Å²) in [6.45, 7) is 1.87. The summed E-state index contributed by atoms with van der Waals surface area (Å²) in [5, 5.41) is 3.52. The monoisotopic (exact) mass is 291 g/mol. The van der Waals surface area contributed by atoms with Crippen molar-refractivity contribution in [3.05, 3.63) is 18.2 Å². The maximum Gasteiger partial charge on any atom is 0.231 e. The molecule has 21 heavy (non-hydrogen) atoms. The lowest BCUT2D eigenvalue weighted by molar-refractivity contribution is 0.0184. The number of nitrogens with one attached hydrogen (secondary N) is 1. The van der Waals surface area contributed by atoms with Gasteiger partial charge in [-0.25, -0.2) is 0 Å². The minimum atomic E-state index is 0.196. The Hall–Kier alpha value is -1.46. The zero-order valence-corrected chi connectivity index (χ0v) is 12.0. The molecule has 0 aromatic heterocycles. The van der Waals surface area contributed by atoms with Gasteiger partial charge in [-0.1, -0.05) is 0 Å². The maximum atomic E-state index is 6.01. The molecule has 1 saturated heterocycles. The van der Waals surface area contributed by atoms with Gasteiger partial charge in [-0.05, 0) is 37.8 Å². The average Bonchev–Trinajstić information content (AvgIpc) is 3.04. The van der Waals surface area contributed by atoms with Crippen molar-refractivity contribution in [1.82, 2.24) is 5.32 Å². The first kappa shape index (κ1) is 13.2. The molecule has 5 heteroatoms. The van der Waals surface area contributed by atoms with Crippen LogP contribution in [0.15, 0.2) is 18.2 Å². The van der Waals surface area contributed by atoms with Crippen LogP contribution in [0.25, 0.3) is 0 Å². The summed E-state index contributed by atoms with van der Waals surface area (Å²) in [7, 11) is 0. The van der Waals surface area contributed by atoms with E-state index in [2.05, 4.69) is 5.32 Å². The highest BCUT2D eigenvalue weighted by molar-refractivity contribution is 5.46. The molecule has 1 aromatic rings. The van der Waals surface area contributed by atoms with Gasteiger partial charge in [-0.2, -0.15) is 0 Å². The third kappa shape index (κ3) is 3.24. The first-order valence-electron chi connectivity index (χ1n) is 7.78. The van der Waals surface area contributed by atoms with Crippen LogP contribution in [0.5, 0.6) is 17.2 Å².